The zero-order valence-electron chi connectivity index (χ0n) is 8.56. The molecular weight excluding hydrogens is 224 g/mol. The van der Waals surface area contributed by atoms with Crippen molar-refractivity contribution in [2.45, 2.75) is 6.61 Å². The van der Waals surface area contributed by atoms with Gasteiger partial charge in [0.1, 0.15) is 17.5 Å². The molecule has 0 bridgehead atoms. The van der Waals surface area contributed by atoms with Gasteiger partial charge in [-0.1, -0.05) is 17.7 Å². The van der Waals surface area contributed by atoms with Crippen LogP contribution in [0, 0.1) is 0 Å². The maximum Gasteiger partial charge on any atom is 0.129 e. The molecule has 2 rings (SSSR count). The van der Waals surface area contributed by atoms with Gasteiger partial charge in [0.2, 0.25) is 0 Å². The van der Waals surface area contributed by atoms with Gasteiger partial charge in [-0.3, -0.25) is 0 Å². The number of nitrogen functional groups attached to an aromatic ring is 1. The number of benzene rings is 1. The molecule has 0 unspecified atom stereocenters. The van der Waals surface area contributed by atoms with Gasteiger partial charge in [-0.15, -0.1) is 0 Å². The number of hydrogen-bond acceptors (Lipinski definition) is 3. The van der Waals surface area contributed by atoms with Gasteiger partial charge in [0, 0.05) is 17.4 Å². The minimum atomic E-state index is 0.466. The Balaban J connectivity index is 1.97. The van der Waals surface area contributed by atoms with Crippen molar-refractivity contribution >= 4 is 17.3 Å². The smallest absolute Gasteiger partial charge is 0.129 e. The SMILES string of the molecule is Nc1ccc(OCc2ccc(Cl)nc2)cc1. The summed E-state index contributed by atoms with van der Waals surface area (Å²) in [6.07, 6.45) is 1.69. The van der Waals surface area contributed by atoms with E-state index in [0.29, 0.717) is 11.8 Å². The van der Waals surface area contributed by atoms with Crippen LogP contribution in [0.4, 0.5) is 5.69 Å². The van der Waals surface area contributed by atoms with Crippen molar-refractivity contribution in [3.63, 3.8) is 0 Å². The summed E-state index contributed by atoms with van der Waals surface area (Å²) in [7, 11) is 0. The maximum absolute atomic E-state index is 5.68. The lowest BCUT2D eigenvalue weighted by Gasteiger charge is -2.06. The van der Waals surface area contributed by atoms with Gasteiger partial charge in [0.05, 0.1) is 0 Å². The molecule has 0 atom stereocenters. The molecule has 0 fully saturated rings. The number of pyridine rings is 1. The molecule has 82 valence electrons. The first-order chi connectivity index (χ1) is 7.74. The Labute approximate surface area is 98.8 Å². The predicted octanol–water partition coefficient (Wildman–Crippen LogP) is 2.90. The lowest BCUT2D eigenvalue weighted by molar-refractivity contribution is 0.306. The van der Waals surface area contributed by atoms with Crippen LogP contribution >= 0.6 is 11.6 Å². The number of nitrogens with zero attached hydrogens (tertiary/aromatic N) is 1. The third-order valence-electron chi connectivity index (χ3n) is 2.07. The van der Waals surface area contributed by atoms with E-state index in [9.17, 15) is 0 Å². The second-order valence-electron chi connectivity index (χ2n) is 3.35. The van der Waals surface area contributed by atoms with Crippen molar-refractivity contribution in [1.82, 2.24) is 4.98 Å². The predicted molar refractivity (Wildman–Crippen MR) is 64.4 cm³/mol. The molecule has 0 spiro atoms. The Bertz CT molecular complexity index is 408. The van der Waals surface area contributed by atoms with E-state index in [1.807, 2.05) is 18.2 Å². The highest BCUT2D eigenvalue weighted by molar-refractivity contribution is 6.29. The van der Waals surface area contributed by atoms with Crippen molar-refractivity contribution in [3.05, 3.63) is 53.3 Å². The topological polar surface area (TPSA) is 48.1 Å². The second kappa shape index (κ2) is 4.86. The number of anilines is 1. The molecule has 1 aromatic heterocycles. The summed E-state index contributed by atoms with van der Waals surface area (Å²) in [5.74, 6) is 0.782. The van der Waals surface area contributed by atoms with Crippen LogP contribution in [0.25, 0.3) is 0 Å². The van der Waals surface area contributed by atoms with Crippen LogP contribution in [0.3, 0.4) is 0 Å². The van der Waals surface area contributed by atoms with E-state index in [4.69, 9.17) is 22.1 Å². The summed E-state index contributed by atoms with van der Waals surface area (Å²) in [4.78, 5) is 3.97. The average molecular weight is 235 g/mol. The number of aromatic nitrogens is 1. The minimum Gasteiger partial charge on any atom is -0.489 e. The van der Waals surface area contributed by atoms with Gasteiger partial charge in [-0.25, -0.2) is 4.98 Å². The highest BCUT2D eigenvalue weighted by atomic mass is 35.5. The highest BCUT2D eigenvalue weighted by Gasteiger charge is 1.96. The van der Waals surface area contributed by atoms with Crippen LogP contribution in [-0.4, -0.2) is 4.98 Å². The minimum absolute atomic E-state index is 0.466. The van der Waals surface area contributed by atoms with E-state index in [1.165, 1.54) is 0 Å². The van der Waals surface area contributed by atoms with Gasteiger partial charge >= 0.3 is 0 Å². The lowest BCUT2D eigenvalue weighted by Crippen LogP contribution is -1.96. The summed E-state index contributed by atoms with van der Waals surface area (Å²) in [6.45, 7) is 0.466. The number of halogens is 1. The molecule has 0 saturated heterocycles. The largest absolute Gasteiger partial charge is 0.489 e. The fourth-order valence-electron chi connectivity index (χ4n) is 1.22. The van der Waals surface area contributed by atoms with Crippen LogP contribution in [0.2, 0.25) is 5.15 Å². The monoisotopic (exact) mass is 234 g/mol. The van der Waals surface area contributed by atoms with Crippen LogP contribution in [0.5, 0.6) is 5.75 Å². The quantitative estimate of drug-likeness (QED) is 0.656. The fraction of sp³-hybridized carbons (Fsp3) is 0.0833. The summed E-state index contributed by atoms with van der Waals surface area (Å²) >= 11 is 5.68. The number of rotatable bonds is 3. The molecular formula is C12H11ClN2O. The van der Waals surface area contributed by atoms with Gasteiger partial charge in [0.25, 0.3) is 0 Å². The van der Waals surface area contributed by atoms with Crippen molar-refractivity contribution in [2.24, 2.45) is 0 Å². The van der Waals surface area contributed by atoms with Gasteiger partial charge in [0.15, 0.2) is 0 Å². The van der Waals surface area contributed by atoms with E-state index < -0.39 is 0 Å². The molecule has 0 aliphatic heterocycles. The summed E-state index contributed by atoms with van der Waals surface area (Å²) < 4.78 is 5.55. The van der Waals surface area contributed by atoms with Crippen molar-refractivity contribution < 1.29 is 4.74 Å². The van der Waals surface area contributed by atoms with Crippen LogP contribution in [0.15, 0.2) is 42.6 Å². The Kier molecular flexibility index (Phi) is 3.27. The van der Waals surface area contributed by atoms with E-state index in [-0.39, 0.29) is 0 Å². The van der Waals surface area contributed by atoms with Crippen molar-refractivity contribution in [1.29, 1.82) is 0 Å². The van der Waals surface area contributed by atoms with Crippen LogP contribution < -0.4 is 10.5 Å². The first-order valence-corrected chi connectivity index (χ1v) is 5.20. The van der Waals surface area contributed by atoms with E-state index in [1.54, 1.807) is 24.4 Å². The number of nitrogens with two attached hydrogens (primary N) is 1. The molecule has 1 heterocycles. The fourth-order valence-corrected chi connectivity index (χ4v) is 1.33. The molecule has 0 radical (unpaired) electrons. The zero-order valence-corrected chi connectivity index (χ0v) is 9.32. The zero-order chi connectivity index (χ0) is 11.4. The molecule has 2 N–H and O–H groups in total. The Hall–Kier alpha value is -1.74. The van der Waals surface area contributed by atoms with Crippen molar-refractivity contribution in [3.8, 4) is 5.75 Å². The Morgan fingerprint density at radius 1 is 1.12 bits per heavy atom. The molecule has 0 saturated carbocycles. The average Bonchev–Trinajstić information content (AvgIpc) is 2.30. The van der Waals surface area contributed by atoms with Crippen LogP contribution in [-0.2, 0) is 6.61 Å². The van der Waals surface area contributed by atoms with E-state index in [0.717, 1.165) is 17.0 Å². The molecule has 1 aromatic carbocycles. The highest BCUT2D eigenvalue weighted by Crippen LogP contribution is 2.15. The Morgan fingerprint density at radius 3 is 2.50 bits per heavy atom. The molecule has 2 aromatic rings. The van der Waals surface area contributed by atoms with Gasteiger partial charge in [-0.2, -0.15) is 0 Å². The van der Waals surface area contributed by atoms with E-state index in [2.05, 4.69) is 4.98 Å². The first-order valence-electron chi connectivity index (χ1n) is 4.83. The molecule has 16 heavy (non-hydrogen) atoms. The molecule has 4 heteroatoms. The summed E-state index contributed by atoms with van der Waals surface area (Å²) in [5.41, 5.74) is 7.27. The normalized spacial score (nSPS) is 10.1. The summed E-state index contributed by atoms with van der Waals surface area (Å²) in [6, 6.07) is 10.9. The van der Waals surface area contributed by atoms with E-state index >= 15 is 0 Å². The molecule has 0 aliphatic rings. The third-order valence-corrected chi connectivity index (χ3v) is 2.30. The third kappa shape index (κ3) is 2.87. The summed E-state index contributed by atoms with van der Waals surface area (Å²) in [5, 5.41) is 0.483. The maximum atomic E-state index is 5.68. The molecule has 3 nitrogen and oxygen atoms in total. The Morgan fingerprint density at radius 2 is 1.88 bits per heavy atom. The molecule has 0 amide bonds. The van der Waals surface area contributed by atoms with Crippen molar-refractivity contribution in [2.75, 3.05) is 5.73 Å². The number of hydrogen-bond donors (Lipinski definition) is 1. The second-order valence-corrected chi connectivity index (χ2v) is 3.73. The van der Waals surface area contributed by atoms with Gasteiger partial charge in [-0.05, 0) is 30.3 Å². The van der Waals surface area contributed by atoms with Gasteiger partial charge < -0.3 is 10.5 Å². The molecule has 0 aliphatic carbocycles. The first kappa shape index (κ1) is 10.8. The van der Waals surface area contributed by atoms with Crippen LogP contribution in [0.1, 0.15) is 5.56 Å². The lowest BCUT2D eigenvalue weighted by atomic mass is 10.3. The number of ether oxygens (including phenoxy) is 1. The standard InChI is InChI=1S/C12H11ClN2O/c13-12-6-1-9(7-15-12)8-16-11-4-2-10(14)3-5-11/h1-7H,8,14H2.